The van der Waals surface area contributed by atoms with Crippen LogP contribution in [0.3, 0.4) is 0 Å². The number of nitrogens with zero attached hydrogens (tertiary/aromatic N) is 1. The minimum absolute atomic E-state index is 0.0511. The molecule has 0 saturated heterocycles. The molecule has 2 aromatic carbocycles. The molecule has 0 aromatic heterocycles. The summed E-state index contributed by atoms with van der Waals surface area (Å²) in [5.74, 6) is -0.0874. The smallest absolute Gasteiger partial charge is 0.255 e. The van der Waals surface area contributed by atoms with Gasteiger partial charge in [0.15, 0.2) is 0 Å². The number of fused-ring (bicyclic) bond motifs is 1. The number of carbonyl (C=O) groups is 1. The summed E-state index contributed by atoms with van der Waals surface area (Å²) in [5.41, 5.74) is 2.81. The molecule has 1 aliphatic rings. The van der Waals surface area contributed by atoms with Gasteiger partial charge in [0.1, 0.15) is 5.75 Å². The first kappa shape index (κ1) is 13.0. The Morgan fingerprint density at radius 2 is 1.90 bits per heavy atom. The molecule has 3 nitrogen and oxygen atoms in total. The van der Waals surface area contributed by atoms with Crippen molar-refractivity contribution in [2.24, 2.45) is 0 Å². The maximum atomic E-state index is 12.5. The molecule has 3 rings (SSSR count). The normalized spacial score (nSPS) is 13.9. The van der Waals surface area contributed by atoms with Gasteiger partial charge in [-0.25, -0.2) is 0 Å². The van der Waals surface area contributed by atoms with Crippen molar-refractivity contribution in [1.82, 2.24) is 4.90 Å². The molecule has 0 fully saturated rings. The van der Waals surface area contributed by atoms with Crippen LogP contribution in [-0.4, -0.2) is 22.5 Å². The highest BCUT2D eigenvalue weighted by Gasteiger charge is 2.23. The molecule has 0 spiro atoms. The number of phenols is 1. The standard InChI is InChI=1S/C16H14ClNO2/c17-15-6-5-13(19)9-14(15)16(20)18-8-7-11-3-1-2-4-12(11)10-18/h1-6,9,19H,7-8,10H2. The molecule has 102 valence electrons. The van der Waals surface area contributed by atoms with E-state index in [-0.39, 0.29) is 11.7 Å². The number of phenolic OH excluding ortho intramolecular Hbond substituents is 1. The van der Waals surface area contributed by atoms with E-state index in [1.54, 1.807) is 11.0 Å². The van der Waals surface area contributed by atoms with E-state index in [1.807, 2.05) is 18.2 Å². The van der Waals surface area contributed by atoms with Crippen molar-refractivity contribution >= 4 is 17.5 Å². The average Bonchev–Trinajstić information content (AvgIpc) is 2.48. The van der Waals surface area contributed by atoms with Crippen molar-refractivity contribution in [3.05, 3.63) is 64.2 Å². The Hall–Kier alpha value is -2.00. The Labute approximate surface area is 122 Å². The van der Waals surface area contributed by atoms with Gasteiger partial charge in [0.25, 0.3) is 5.91 Å². The maximum absolute atomic E-state index is 12.5. The van der Waals surface area contributed by atoms with Crippen molar-refractivity contribution in [2.45, 2.75) is 13.0 Å². The van der Waals surface area contributed by atoms with Crippen LogP contribution in [0.4, 0.5) is 0 Å². The highest BCUT2D eigenvalue weighted by molar-refractivity contribution is 6.33. The molecule has 0 saturated carbocycles. The van der Waals surface area contributed by atoms with Gasteiger partial charge in [0, 0.05) is 13.1 Å². The Bertz CT molecular complexity index is 669. The number of amides is 1. The van der Waals surface area contributed by atoms with Crippen LogP contribution in [0.25, 0.3) is 0 Å². The third-order valence-corrected chi connectivity index (χ3v) is 3.93. The van der Waals surface area contributed by atoms with Crippen LogP contribution >= 0.6 is 11.6 Å². The molecule has 1 N–H and O–H groups in total. The second-order valence-corrected chi connectivity index (χ2v) is 5.32. The lowest BCUT2D eigenvalue weighted by molar-refractivity contribution is 0.0734. The number of hydrogen-bond donors (Lipinski definition) is 1. The van der Waals surface area contributed by atoms with Crippen LogP contribution < -0.4 is 0 Å². The molecule has 1 amide bonds. The van der Waals surface area contributed by atoms with Crippen LogP contribution in [0.2, 0.25) is 5.02 Å². The monoisotopic (exact) mass is 287 g/mol. The zero-order chi connectivity index (χ0) is 14.1. The van der Waals surface area contributed by atoms with Crippen LogP contribution in [0.5, 0.6) is 5.75 Å². The molecular formula is C16H14ClNO2. The fourth-order valence-corrected chi connectivity index (χ4v) is 2.71. The van der Waals surface area contributed by atoms with E-state index in [0.29, 0.717) is 23.7 Å². The van der Waals surface area contributed by atoms with Gasteiger partial charge in [0.2, 0.25) is 0 Å². The number of benzene rings is 2. The summed E-state index contributed by atoms with van der Waals surface area (Å²) < 4.78 is 0. The molecule has 0 bridgehead atoms. The predicted molar refractivity (Wildman–Crippen MR) is 78.0 cm³/mol. The Morgan fingerprint density at radius 3 is 2.70 bits per heavy atom. The fraction of sp³-hybridized carbons (Fsp3) is 0.188. The quantitative estimate of drug-likeness (QED) is 0.875. The molecule has 20 heavy (non-hydrogen) atoms. The number of hydrogen-bond acceptors (Lipinski definition) is 2. The number of aromatic hydroxyl groups is 1. The first-order chi connectivity index (χ1) is 9.65. The van der Waals surface area contributed by atoms with Crippen molar-refractivity contribution in [2.75, 3.05) is 6.54 Å². The molecule has 0 radical (unpaired) electrons. The van der Waals surface area contributed by atoms with Crippen molar-refractivity contribution in [1.29, 1.82) is 0 Å². The fourth-order valence-electron chi connectivity index (χ4n) is 2.52. The van der Waals surface area contributed by atoms with Crippen molar-refractivity contribution in [3.8, 4) is 5.75 Å². The highest BCUT2D eigenvalue weighted by atomic mass is 35.5. The lowest BCUT2D eigenvalue weighted by Crippen LogP contribution is -2.36. The Morgan fingerprint density at radius 1 is 1.15 bits per heavy atom. The van der Waals surface area contributed by atoms with Gasteiger partial charge in [-0.3, -0.25) is 4.79 Å². The van der Waals surface area contributed by atoms with E-state index in [0.717, 1.165) is 6.42 Å². The van der Waals surface area contributed by atoms with E-state index >= 15 is 0 Å². The summed E-state index contributed by atoms with van der Waals surface area (Å²) in [7, 11) is 0. The van der Waals surface area contributed by atoms with Crippen LogP contribution in [0.1, 0.15) is 21.5 Å². The molecule has 0 aliphatic carbocycles. The number of rotatable bonds is 1. The SMILES string of the molecule is O=C(c1cc(O)ccc1Cl)N1CCc2ccccc2C1. The topological polar surface area (TPSA) is 40.5 Å². The molecule has 1 aliphatic heterocycles. The minimum Gasteiger partial charge on any atom is -0.508 e. The average molecular weight is 288 g/mol. The van der Waals surface area contributed by atoms with Crippen LogP contribution in [0, 0.1) is 0 Å². The van der Waals surface area contributed by atoms with Gasteiger partial charge in [-0.05, 0) is 35.7 Å². The van der Waals surface area contributed by atoms with E-state index in [4.69, 9.17) is 11.6 Å². The summed E-state index contributed by atoms with van der Waals surface area (Å²) in [5, 5.41) is 9.88. The Kier molecular flexibility index (Phi) is 3.36. The maximum Gasteiger partial charge on any atom is 0.255 e. The van der Waals surface area contributed by atoms with Gasteiger partial charge in [-0.2, -0.15) is 0 Å². The lowest BCUT2D eigenvalue weighted by Gasteiger charge is -2.29. The van der Waals surface area contributed by atoms with E-state index in [9.17, 15) is 9.90 Å². The van der Waals surface area contributed by atoms with Gasteiger partial charge in [0.05, 0.1) is 10.6 Å². The molecule has 0 atom stereocenters. The Balaban J connectivity index is 1.88. The predicted octanol–water partition coefficient (Wildman–Crippen LogP) is 3.24. The first-order valence-corrected chi connectivity index (χ1v) is 6.87. The summed E-state index contributed by atoms with van der Waals surface area (Å²) in [6, 6.07) is 12.6. The zero-order valence-electron chi connectivity index (χ0n) is 10.8. The second-order valence-electron chi connectivity index (χ2n) is 4.91. The molecule has 0 unspecified atom stereocenters. The summed E-state index contributed by atoms with van der Waals surface area (Å²) in [6.07, 6.45) is 0.846. The van der Waals surface area contributed by atoms with Gasteiger partial charge in [-0.15, -0.1) is 0 Å². The van der Waals surface area contributed by atoms with Crippen LogP contribution in [-0.2, 0) is 13.0 Å². The minimum atomic E-state index is -0.139. The lowest BCUT2D eigenvalue weighted by atomic mass is 9.99. The van der Waals surface area contributed by atoms with Gasteiger partial charge in [-0.1, -0.05) is 35.9 Å². The summed E-state index contributed by atoms with van der Waals surface area (Å²) in [6.45, 7) is 1.25. The van der Waals surface area contributed by atoms with Gasteiger partial charge < -0.3 is 10.0 Å². The van der Waals surface area contributed by atoms with E-state index in [1.165, 1.54) is 23.3 Å². The third kappa shape index (κ3) is 2.37. The largest absolute Gasteiger partial charge is 0.508 e. The van der Waals surface area contributed by atoms with Crippen molar-refractivity contribution < 1.29 is 9.90 Å². The molecule has 1 heterocycles. The third-order valence-electron chi connectivity index (χ3n) is 3.60. The summed E-state index contributed by atoms with van der Waals surface area (Å²) in [4.78, 5) is 14.3. The number of carbonyl (C=O) groups excluding carboxylic acids is 1. The van der Waals surface area contributed by atoms with E-state index < -0.39 is 0 Å². The van der Waals surface area contributed by atoms with Crippen LogP contribution in [0.15, 0.2) is 42.5 Å². The highest BCUT2D eigenvalue weighted by Crippen LogP contribution is 2.25. The van der Waals surface area contributed by atoms with E-state index in [2.05, 4.69) is 6.07 Å². The summed E-state index contributed by atoms with van der Waals surface area (Å²) >= 11 is 6.05. The second kappa shape index (κ2) is 5.17. The first-order valence-electron chi connectivity index (χ1n) is 6.50. The van der Waals surface area contributed by atoms with Crippen molar-refractivity contribution in [3.63, 3.8) is 0 Å². The number of halogens is 1. The molecular weight excluding hydrogens is 274 g/mol. The molecule has 2 aromatic rings. The van der Waals surface area contributed by atoms with Gasteiger partial charge >= 0.3 is 0 Å². The zero-order valence-corrected chi connectivity index (χ0v) is 11.6. The molecule has 4 heteroatoms.